The van der Waals surface area contributed by atoms with Crippen LogP contribution < -0.4 is 0 Å². The number of hydrogen-bond donors (Lipinski definition) is 0. The second-order valence-corrected chi connectivity index (χ2v) is 2.54. The van der Waals surface area contributed by atoms with Gasteiger partial charge in [-0.2, -0.15) is 0 Å². The molecule has 56 valence electrons. The van der Waals surface area contributed by atoms with Crippen LogP contribution in [0.2, 0.25) is 0 Å². The largest absolute Gasteiger partial charge is 0.399 e. The standard InChI is InChI=1S/C8H13NO/c1-10-9-7-3-2-4-8-5-6-8/h2-3,7-8H,4-6H2,1H3. The first-order valence-electron chi connectivity index (χ1n) is 3.65. The van der Waals surface area contributed by atoms with Gasteiger partial charge >= 0.3 is 0 Å². The molecule has 0 aliphatic heterocycles. The number of oxime groups is 1. The van der Waals surface area contributed by atoms with E-state index in [1.807, 2.05) is 6.08 Å². The maximum absolute atomic E-state index is 4.48. The fourth-order valence-corrected chi connectivity index (χ4v) is 0.781. The number of rotatable bonds is 4. The van der Waals surface area contributed by atoms with Crippen molar-refractivity contribution < 1.29 is 4.84 Å². The van der Waals surface area contributed by atoms with Crippen molar-refractivity contribution in [3.05, 3.63) is 12.2 Å². The van der Waals surface area contributed by atoms with Crippen LogP contribution in [0.5, 0.6) is 0 Å². The molecule has 0 N–H and O–H groups in total. The van der Waals surface area contributed by atoms with Gasteiger partial charge in [-0.15, -0.1) is 0 Å². The van der Waals surface area contributed by atoms with Crippen LogP contribution in [-0.2, 0) is 4.84 Å². The van der Waals surface area contributed by atoms with E-state index in [4.69, 9.17) is 0 Å². The van der Waals surface area contributed by atoms with Gasteiger partial charge in [0.25, 0.3) is 0 Å². The molecule has 0 heterocycles. The zero-order valence-corrected chi connectivity index (χ0v) is 6.29. The highest BCUT2D eigenvalue weighted by molar-refractivity contribution is 5.70. The van der Waals surface area contributed by atoms with E-state index in [0.29, 0.717) is 0 Å². The Morgan fingerprint density at radius 2 is 2.40 bits per heavy atom. The summed E-state index contributed by atoms with van der Waals surface area (Å²) in [6.07, 6.45) is 9.76. The highest BCUT2D eigenvalue weighted by Crippen LogP contribution is 2.32. The van der Waals surface area contributed by atoms with Gasteiger partial charge in [0.1, 0.15) is 7.11 Å². The molecule has 0 unspecified atom stereocenters. The van der Waals surface area contributed by atoms with E-state index in [0.717, 1.165) is 5.92 Å². The molecule has 0 spiro atoms. The van der Waals surface area contributed by atoms with Gasteiger partial charge in [-0.1, -0.05) is 11.2 Å². The molecule has 0 saturated heterocycles. The first-order valence-corrected chi connectivity index (χ1v) is 3.65. The molecule has 2 nitrogen and oxygen atoms in total. The highest BCUT2D eigenvalue weighted by atomic mass is 16.6. The minimum absolute atomic E-state index is 0.965. The third-order valence-corrected chi connectivity index (χ3v) is 1.55. The maximum Gasteiger partial charge on any atom is 0.106 e. The average Bonchev–Trinajstić information content (AvgIpc) is 2.71. The predicted octanol–water partition coefficient (Wildman–Crippen LogP) is 1.97. The molecule has 0 atom stereocenters. The van der Waals surface area contributed by atoms with Crippen molar-refractivity contribution in [1.29, 1.82) is 0 Å². The van der Waals surface area contributed by atoms with E-state index in [-0.39, 0.29) is 0 Å². The lowest BCUT2D eigenvalue weighted by Gasteiger charge is -1.82. The van der Waals surface area contributed by atoms with Crippen LogP contribution in [0.25, 0.3) is 0 Å². The molecule has 0 aromatic carbocycles. The molecule has 0 aromatic rings. The molecule has 1 aliphatic carbocycles. The molecule has 0 radical (unpaired) electrons. The summed E-state index contributed by atoms with van der Waals surface area (Å²) in [5.74, 6) is 0.965. The third-order valence-electron chi connectivity index (χ3n) is 1.55. The van der Waals surface area contributed by atoms with E-state index >= 15 is 0 Å². The Morgan fingerprint density at radius 3 is 3.00 bits per heavy atom. The number of nitrogens with zero attached hydrogens (tertiary/aromatic N) is 1. The van der Waals surface area contributed by atoms with E-state index in [2.05, 4.69) is 16.1 Å². The normalized spacial score (nSPS) is 18.9. The van der Waals surface area contributed by atoms with Crippen LogP contribution >= 0.6 is 0 Å². The highest BCUT2D eigenvalue weighted by Gasteiger charge is 2.18. The van der Waals surface area contributed by atoms with Crippen LogP contribution in [0.4, 0.5) is 0 Å². The van der Waals surface area contributed by atoms with Crippen molar-refractivity contribution in [3.63, 3.8) is 0 Å². The Kier molecular flexibility index (Phi) is 3.00. The van der Waals surface area contributed by atoms with Gasteiger partial charge < -0.3 is 4.84 Å². The summed E-state index contributed by atoms with van der Waals surface area (Å²) in [7, 11) is 1.55. The van der Waals surface area contributed by atoms with Crippen molar-refractivity contribution in [2.24, 2.45) is 11.1 Å². The molecule has 0 amide bonds. The summed E-state index contributed by atoms with van der Waals surface area (Å²) < 4.78 is 0. The molecule has 1 rings (SSSR count). The Labute approximate surface area is 61.6 Å². The van der Waals surface area contributed by atoms with Crippen molar-refractivity contribution in [1.82, 2.24) is 0 Å². The third kappa shape index (κ3) is 3.28. The molecule has 1 saturated carbocycles. The van der Waals surface area contributed by atoms with Gasteiger partial charge in [0, 0.05) is 0 Å². The lowest BCUT2D eigenvalue weighted by atomic mass is 10.3. The van der Waals surface area contributed by atoms with Crippen molar-refractivity contribution in [2.75, 3.05) is 7.11 Å². The van der Waals surface area contributed by atoms with Gasteiger partial charge in [-0.25, -0.2) is 0 Å². The Balaban J connectivity index is 1.98. The van der Waals surface area contributed by atoms with Crippen LogP contribution in [0.15, 0.2) is 17.3 Å². The monoisotopic (exact) mass is 139 g/mol. The van der Waals surface area contributed by atoms with Gasteiger partial charge in [0.2, 0.25) is 0 Å². The predicted molar refractivity (Wildman–Crippen MR) is 42.0 cm³/mol. The van der Waals surface area contributed by atoms with Gasteiger partial charge in [0.15, 0.2) is 0 Å². The summed E-state index contributed by atoms with van der Waals surface area (Å²) >= 11 is 0. The van der Waals surface area contributed by atoms with E-state index in [9.17, 15) is 0 Å². The minimum Gasteiger partial charge on any atom is -0.399 e. The summed E-state index contributed by atoms with van der Waals surface area (Å²) in [5.41, 5.74) is 0. The minimum atomic E-state index is 0.965. The number of hydrogen-bond acceptors (Lipinski definition) is 2. The Morgan fingerprint density at radius 1 is 1.60 bits per heavy atom. The summed E-state index contributed by atoms with van der Waals surface area (Å²) in [6.45, 7) is 0. The lowest BCUT2D eigenvalue weighted by molar-refractivity contribution is 0.215. The van der Waals surface area contributed by atoms with E-state index in [1.165, 1.54) is 19.3 Å². The smallest absolute Gasteiger partial charge is 0.106 e. The average molecular weight is 139 g/mol. The number of allylic oxidation sites excluding steroid dienone is 2. The molecular weight excluding hydrogens is 126 g/mol. The fraction of sp³-hybridized carbons (Fsp3) is 0.625. The van der Waals surface area contributed by atoms with Gasteiger partial charge in [-0.3, -0.25) is 0 Å². The zero-order valence-electron chi connectivity index (χ0n) is 6.29. The van der Waals surface area contributed by atoms with E-state index < -0.39 is 0 Å². The summed E-state index contributed by atoms with van der Waals surface area (Å²) in [5, 5.41) is 3.58. The lowest BCUT2D eigenvalue weighted by Crippen LogP contribution is -1.71. The van der Waals surface area contributed by atoms with Crippen LogP contribution in [0.1, 0.15) is 19.3 Å². The zero-order chi connectivity index (χ0) is 7.23. The first kappa shape index (κ1) is 7.32. The quantitative estimate of drug-likeness (QED) is 0.431. The van der Waals surface area contributed by atoms with E-state index in [1.54, 1.807) is 13.3 Å². The first-order chi connectivity index (χ1) is 4.93. The summed E-state index contributed by atoms with van der Waals surface area (Å²) in [6, 6.07) is 0. The maximum atomic E-state index is 4.48. The van der Waals surface area contributed by atoms with Crippen LogP contribution in [-0.4, -0.2) is 13.3 Å². The molecule has 0 aromatic heterocycles. The fourth-order valence-electron chi connectivity index (χ4n) is 0.781. The molecular formula is C8H13NO. The van der Waals surface area contributed by atoms with Crippen LogP contribution in [0.3, 0.4) is 0 Å². The molecule has 1 fully saturated rings. The SMILES string of the molecule is CON=CC=CCC1CC1. The Hall–Kier alpha value is -0.790. The molecule has 2 heteroatoms. The van der Waals surface area contributed by atoms with Crippen molar-refractivity contribution >= 4 is 6.21 Å². The van der Waals surface area contributed by atoms with Crippen molar-refractivity contribution in [2.45, 2.75) is 19.3 Å². The topological polar surface area (TPSA) is 21.6 Å². The Bertz CT molecular complexity index is 136. The summed E-state index contributed by atoms with van der Waals surface area (Å²) in [4.78, 5) is 4.48. The van der Waals surface area contributed by atoms with Crippen LogP contribution in [0, 0.1) is 5.92 Å². The second-order valence-electron chi connectivity index (χ2n) is 2.54. The van der Waals surface area contributed by atoms with Gasteiger partial charge in [-0.05, 0) is 31.3 Å². The molecule has 1 aliphatic rings. The molecule has 10 heavy (non-hydrogen) atoms. The van der Waals surface area contributed by atoms with Crippen molar-refractivity contribution in [3.8, 4) is 0 Å². The second kappa shape index (κ2) is 4.09. The van der Waals surface area contributed by atoms with Gasteiger partial charge in [0.05, 0.1) is 6.21 Å². The molecule has 0 bridgehead atoms.